The fraction of sp³-hybridized carbons (Fsp3) is 0.630. The average molecular weight is 447 g/mol. The number of hydrogen-bond donors (Lipinski definition) is 1. The Morgan fingerprint density at radius 3 is 2.91 bits per heavy atom. The number of aliphatic imine (C=N–C) groups is 1. The van der Waals surface area contributed by atoms with Crippen molar-refractivity contribution in [3.63, 3.8) is 0 Å². The van der Waals surface area contributed by atoms with Crippen molar-refractivity contribution in [2.45, 2.75) is 82.6 Å². The van der Waals surface area contributed by atoms with Crippen molar-refractivity contribution in [2.24, 2.45) is 4.99 Å². The highest BCUT2D eigenvalue weighted by Gasteiger charge is 2.51. The quantitative estimate of drug-likeness (QED) is 0.768. The Bertz CT molecular complexity index is 998. The molecule has 1 aromatic rings. The Morgan fingerprint density at radius 1 is 1.12 bits per heavy atom. The molecule has 6 heteroatoms. The summed E-state index contributed by atoms with van der Waals surface area (Å²) in [5.74, 6) is 2.49. The minimum absolute atomic E-state index is 0.167. The fourth-order valence-corrected chi connectivity index (χ4v) is 6.89. The van der Waals surface area contributed by atoms with Crippen molar-refractivity contribution in [1.29, 1.82) is 0 Å². The second-order valence-corrected chi connectivity index (χ2v) is 10.8. The normalized spacial score (nSPS) is 36.5. The van der Waals surface area contributed by atoms with Gasteiger partial charge in [-0.3, -0.25) is 14.9 Å². The molecule has 0 spiro atoms. The lowest BCUT2D eigenvalue weighted by Crippen LogP contribution is -2.59. The van der Waals surface area contributed by atoms with E-state index in [1.165, 1.54) is 49.4 Å². The molecule has 5 atom stereocenters. The highest BCUT2D eigenvalue weighted by molar-refractivity contribution is 5.97. The molecule has 0 saturated carbocycles. The van der Waals surface area contributed by atoms with Crippen LogP contribution in [0.4, 0.5) is 0 Å². The van der Waals surface area contributed by atoms with Crippen LogP contribution in [0.1, 0.15) is 63.3 Å². The van der Waals surface area contributed by atoms with Crippen molar-refractivity contribution in [2.75, 3.05) is 26.2 Å². The maximum Gasteiger partial charge on any atom is 0.130 e. The number of nitrogens with one attached hydrogen (secondary N) is 1. The van der Waals surface area contributed by atoms with E-state index in [1.807, 2.05) is 12.3 Å². The third-order valence-corrected chi connectivity index (χ3v) is 8.96. The summed E-state index contributed by atoms with van der Waals surface area (Å²) in [4.78, 5) is 18.0. The molecule has 5 aliphatic rings. The van der Waals surface area contributed by atoms with E-state index in [0.29, 0.717) is 18.1 Å². The number of fused-ring (bicyclic) bond motifs is 2. The van der Waals surface area contributed by atoms with E-state index in [2.05, 4.69) is 65.1 Å². The summed E-state index contributed by atoms with van der Waals surface area (Å²) in [6, 6.07) is 5.90. The number of piperidine rings is 1. The van der Waals surface area contributed by atoms with Crippen LogP contribution in [0.25, 0.3) is 0 Å². The summed E-state index contributed by atoms with van der Waals surface area (Å²) < 4.78 is 0. The van der Waals surface area contributed by atoms with Crippen molar-refractivity contribution in [3.8, 4) is 0 Å². The van der Waals surface area contributed by atoms with Crippen LogP contribution in [0.2, 0.25) is 0 Å². The van der Waals surface area contributed by atoms with E-state index >= 15 is 0 Å². The molecule has 33 heavy (non-hydrogen) atoms. The molecule has 0 amide bonds. The Hall–Kier alpha value is -2.18. The minimum atomic E-state index is -0.167. The lowest BCUT2D eigenvalue weighted by molar-refractivity contribution is 0.0967. The molecule has 6 heterocycles. The molecule has 5 aliphatic heterocycles. The van der Waals surface area contributed by atoms with Crippen LogP contribution in [-0.2, 0) is 0 Å². The van der Waals surface area contributed by atoms with Gasteiger partial charge in [-0.05, 0) is 83.2 Å². The number of allylic oxidation sites excluding steroid dienone is 2. The summed E-state index contributed by atoms with van der Waals surface area (Å²) in [7, 11) is 0. The predicted molar refractivity (Wildman–Crippen MR) is 133 cm³/mol. The molecular weight excluding hydrogens is 408 g/mol. The summed E-state index contributed by atoms with van der Waals surface area (Å²) in [6.07, 6.45) is 14.9. The van der Waals surface area contributed by atoms with Crippen molar-refractivity contribution >= 4 is 5.84 Å². The van der Waals surface area contributed by atoms with E-state index in [-0.39, 0.29) is 5.54 Å². The standard InChI is InChI=1S/C27H38N6/c1-19-8-6-14-28-26(19)22-10-4-11-23(29-22)27(3)20(2)33-24(30-27)12-5-13-25(33)32-17-16-31-15-7-9-21(31)18-32/h5-6,8,12-14,20-23,29H,4,7,9-11,15-18H2,1-3H3/t20?,21?,22-,23+,27+/m0/s1. The lowest BCUT2D eigenvalue weighted by Gasteiger charge is -2.46. The topological polar surface area (TPSA) is 47.0 Å². The Morgan fingerprint density at radius 2 is 2.03 bits per heavy atom. The molecule has 1 N–H and O–H groups in total. The summed E-state index contributed by atoms with van der Waals surface area (Å²) in [5.41, 5.74) is 2.32. The highest BCUT2D eigenvalue weighted by atomic mass is 15.4. The Balaban J connectivity index is 1.24. The predicted octanol–water partition coefficient (Wildman–Crippen LogP) is 3.63. The molecule has 3 saturated heterocycles. The number of amidine groups is 1. The first kappa shape index (κ1) is 21.4. The third kappa shape index (κ3) is 3.53. The molecule has 2 unspecified atom stereocenters. The summed E-state index contributed by atoms with van der Waals surface area (Å²) in [6.45, 7) is 11.7. The lowest BCUT2D eigenvalue weighted by atomic mass is 9.79. The fourth-order valence-electron chi connectivity index (χ4n) is 6.89. The molecule has 0 bridgehead atoms. The first-order valence-electron chi connectivity index (χ1n) is 13.0. The van der Waals surface area contributed by atoms with Crippen LogP contribution in [0.3, 0.4) is 0 Å². The Labute approximate surface area is 198 Å². The van der Waals surface area contributed by atoms with Gasteiger partial charge in [-0.25, -0.2) is 0 Å². The van der Waals surface area contributed by atoms with Gasteiger partial charge < -0.3 is 15.1 Å². The van der Waals surface area contributed by atoms with Crippen LogP contribution in [-0.4, -0.2) is 75.4 Å². The van der Waals surface area contributed by atoms with Gasteiger partial charge in [0.05, 0.1) is 23.3 Å². The van der Waals surface area contributed by atoms with Gasteiger partial charge in [0.2, 0.25) is 0 Å². The molecule has 0 radical (unpaired) electrons. The van der Waals surface area contributed by atoms with E-state index in [1.54, 1.807) is 0 Å². The maximum atomic E-state index is 5.40. The zero-order valence-electron chi connectivity index (χ0n) is 20.4. The van der Waals surface area contributed by atoms with Crippen LogP contribution in [0.15, 0.2) is 47.4 Å². The van der Waals surface area contributed by atoms with Crippen LogP contribution in [0.5, 0.6) is 0 Å². The van der Waals surface area contributed by atoms with E-state index < -0.39 is 0 Å². The number of nitrogens with zero attached hydrogens (tertiary/aromatic N) is 5. The largest absolute Gasteiger partial charge is 0.355 e. The second kappa shape index (κ2) is 8.24. The van der Waals surface area contributed by atoms with Crippen molar-refractivity contribution in [3.05, 3.63) is 53.6 Å². The van der Waals surface area contributed by atoms with Gasteiger partial charge in [-0.1, -0.05) is 12.1 Å². The molecule has 6 nitrogen and oxygen atoms in total. The zero-order valence-corrected chi connectivity index (χ0v) is 20.4. The first-order valence-corrected chi connectivity index (χ1v) is 13.0. The third-order valence-electron chi connectivity index (χ3n) is 8.96. The van der Waals surface area contributed by atoms with Gasteiger partial charge in [0.1, 0.15) is 11.7 Å². The van der Waals surface area contributed by atoms with E-state index in [9.17, 15) is 0 Å². The van der Waals surface area contributed by atoms with Gasteiger partial charge in [0, 0.05) is 37.9 Å². The van der Waals surface area contributed by atoms with Gasteiger partial charge in [0.15, 0.2) is 0 Å². The SMILES string of the molecule is Cc1cccnc1[C@@H]1CCC[C@H]([C@]2(C)N=C3C=CC=C(N4CCN5CCCC5C4)N3C2C)N1. The molecule has 3 fully saturated rings. The van der Waals surface area contributed by atoms with Gasteiger partial charge >= 0.3 is 0 Å². The number of aryl methyl sites for hydroxylation is 1. The second-order valence-electron chi connectivity index (χ2n) is 10.8. The summed E-state index contributed by atoms with van der Waals surface area (Å²) in [5, 5.41) is 4.00. The molecule has 176 valence electrons. The van der Waals surface area contributed by atoms with E-state index in [0.717, 1.165) is 37.8 Å². The number of pyridine rings is 1. The number of hydrogen-bond acceptors (Lipinski definition) is 6. The van der Waals surface area contributed by atoms with E-state index in [4.69, 9.17) is 9.98 Å². The number of aromatic nitrogens is 1. The zero-order chi connectivity index (χ0) is 22.6. The minimum Gasteiger partial charge on any atom is -0.355 e. The number of piperazine rings is 1. The average Bonchev–Trinajstić information content (AvgIpc) is 3.41. The molecule has 1 aromatic heterocycles. The van der Waals surface area contributed by atoms with Crippen molar-refractivity contribution in [1.82, 2.24) is 25.0 Å². The first-order chi connectivity index (χ1) is 16.0. The molecule has 6 rings (SSSR count). The van der Waals surface area contributed by atoms with Crippen LogP contribution >= 0.6 is 0 Å². The van der Waals surface area contributed by atoms with Gasteiger partial charge in [-0.2, -0.15) is 0 Å². The van der Waals surface area contributed by atoms with Crippen LogP contribution in [0, 0.1) is 6.92 Å². The maximum absolute atomic E-state index is 5.40. The molecule has 0 aliphatic carbocycles. The molecule has 0 aromatic carbocycles. The monoisotopic (exact) mass is 446 g/mol. The smallest absolute Gasteiger partial charge is 0.130 e. The summed E-state index contributed by atoms with van der Waals surface area (Å²) >= 11 is 0. The highest BCUT2D eigenvalue weighted by Crippen LogP contribution is 2.41. The van der Waals surface area contributed by atoms with Crippen LogP contribution < -0.4 is 5.32 Å². The number of rotatable bonds is 3. The van der Waals surface area contributed by atoms with Gasteiger partial charge in [0.25, 0.3) is 0 Å². The van der Waals surface area contributed by atoms with Gasteiger partial charge in [-0.15, -0.1) is 0 Å². The Kier molecular flexibility index (Phi) is 5.33. The molecular formula is C27H38N6. The van der Waals surface area contributed by atoms with Crippen molar-refractivity contribution < 1.29 is 0 Å².